The summed E-state index contributed by atoms with van der Waals surface area (Å²) in [5.74, 6) is -1.21. The minimum atomic E-state index is -1.38. The molecule has 3 fully saturated rings. The van der Waals surface area contributed by atoms with Crippen LogP contribution in [-0.2, 0) is 64.7 Å². The van der Waals surface area contributed by atoms with Gasteiger partial charge in [0.05, 0.1) is 66.8 Å². The minimum Gasteiger partial charge on any atom is -0.504 e. The van der Waals surface area contributed by atoms with Gasteiger partial charge in [0.2, 0.25) is 19.4 Å². The molecule has 0 aromatic heterocycles. The number of hydrogen-bond donors (Lipinski definition) is 8. The topological polar surface area (TPSA) is 398 Å². The summed E-state index contributed by atoms with van der Waals surface area (Å²) in [7, 11) is 6.80. The summed E-state index contributed by atoms with van der Waals surface area (Å²) in [5, 5.41) is 89.2. The lowest BCUT2D eigenvalue weighted by molar-refractivity contribution is -0.157. The van der Waals surface area contributed by atoms with Crippen LogP contribution in [0, 0.1) is 50.4 Å². The zero-order valence-electron chi connectivity index (χ0n) is 61.3. The summed E-state index contributed by atoms with van der Waals surface area (Å²) in [5.41, 5.74) is 13.8. The Hall–Kier alpha value is -10.1. The van der Waals surface area contributed by atoms with Crippen LogP contribution in [0.25, 0.3) is 0 Å². The van der Waals surface area contributed by atoms with E-state index in [1.165, 1.54) is 51.6 Å². The van der Waals surface area contributed by atoms with Crippen LogP contribution in [0.15, 0.2) is 42.5 Å². The highest BCUT2D eigenvalue weighted by molar-refractivity contribution is 8.00. The number of nitriles is 2. The van der Waals surface area contributed by atoms with E-state index in [0.717, 1.165) is 28.7 Å². The summed E-state index contributed by atoms with van der Waals surface area (Å²) >= 11 is 2.62. The summed E-state index contributed by atoms with van der Waals surface area (Å²) in [4.78, 5) is 73.9. The van der Waals surface area contributed by atoms with Gasteiger partial charge in [-0.3, -0.25) is 39.3 Å². The number of benzene rings is 6. The molecule has 0 saturated carbocycles. The molecule has 9 N–H and O–H groups in total. The van der Waals surface area contributed by atoms with Crippen molar-refractivity contribution >= 4 is 53.2 Å². The Labute approximate surface area is 649 Å². The predicted molar refractivity (Wildman–Crippen MR) is 404 cm³/mol. The first-order chi connectivity index (χ1) is 52.2. The molecule has 12 heterocycles. The highest BCUT2D eigenvalue weighted by Gasteiger charge is 2.64. The number of hydrogen-bond acceptors (Lipinski definition) is 31. The Balaban J connectivity index is 0.000000170. The Kier molecular flexibility index (Phi) is 21.5. The molecule has 13 atom stereocenters. The van der Waals surface area contributed by atoms with E-state index >= 15 is 0 Å². The largest absolute Gasteiger partial charge is 0.504 e. The number of aryl methyl sites for hydroxylation is 2. The third kappa shape index (κ3) is 12.4. The van der Waals surface area contributed by atoms with E-state index in [4.69, 9.17) is 53.1 Å². The number of phenols is 6. The van der Waals surface area contributed by atoms with Gasteiger partial charge in [0.15, 0.2) is 74.5 Å². The number of fused-ring (bicyclic) bond motifs is 18. The molecular formula is C80H90N8O21S2. The number of cyclic esters (lactones) is 1. The van der Waals surface area contributed by atoms with E-state index in [1.807, 2.05) is 49.0 Å². The van der Waals surface area contributed by atoms with Crippen molar-refractivity contribution in [3.63, 3.8) is 0 Å². The van der Waals surface area contributed by atoms with E-state index in [2.05, 4.69) is 27.3 Å². The molecule has 0 amide bonds. The third-order valence-electron chi connectivity index (χ3n) is 23.3. The molecule has 0 radical (unpaired) electrons. The Bertz CT molecular complexity index is 4950. The molecule has 111 heavy (non-hydrogen) atoms. The maximum atomic E-state index is 14.7. The normalized spacial score (nSPS) is 26.6. The third-order valence-corrected chi connectivity index (χ3v) is 26.1. The average Bonchev–Trinajstić information content (AvgIpc) is 1.44. The summed E-state index contributed by atoms with van der Waals surface area (Å²) < 4.78 is 58.4. The molecular weight excluding hydrogens is 1470 g/mol. The first kappa shape index (κ1) is 79.0. The maximum Gasteiger partial charge on any atom is 0.375 e. The van der Waals surface area contributed by atoms with E-state index < -0.39 is 94.0 Å². The number of aromatic hydroxyl groups is 6. The standard InChI is InChI=1S/C39H40N4O10S.C30H29N3O9S.C9H13NO2.2CH4/c1-16-8-20-9-22-23(12-40)43-24-13-50-38(48)39(21-11-26(49-5)25(45)10-19(21)6-7-41-39)14-54-37(31(43)30(42(22)4)27(20)33(47)32(16)46)29-28(24)36-35(51-15-52-36)17(2)34(29)53-18(3)44;1-11-5-14-6-15-16(7-31)33-17-8-39-30(38)18(35)9-43-29(23(33)22(32(15)4)19(14)25(37)24(11)36)21-20(17)28-27(40-10-41-28)12(2)26(21)42-13(3)34;1-12-9-3-2-7(4-5-10)6-8(9)11;;/h8,10-11,22-24,30-31,37,41,45-47H,6-7,9,13-15H2,1-5H3;5,15-17,22-23,29,36-37H,6,8-10H2,1-4H3;2-3,6,11H,4-5,10H2,1H3;2*1H4/t22-,23-,24-,30+,31?,37+,39+;15-,16-,17-,22+,23?,29+;;;/m00.../s1. The number of esters is 4. The zero-order chi connectivity index (χ0) is 77.4. The number of ketones is 1. The lowest BCUT2D eigenvalue weighted by atomic mass is 9.71. The van der Waals surface area contributed by atoms with Crippen molar-refractivity contribution in [3.05, 3.63) is 126 Å². The van der Waals surface area contributed by atoms with Gasteiger partial charge >= 0.3 is 23.9 Å². The van der Waals surface area contributed by atoms with Gasteiger partial charge in [0, 0.05) is 94.8 Å². The smallest absolute Gasteiger partial charge is 0.375 e. The SMILES string of the molecule is C.C.CC(=O)Oc1c(C)c2c(c3c1[C@H]1SCC(=O)C(=O)OC[C@@H]3N3C1[C@H]1c4c(cc(C)c(O)c4O)C[C@@H]([C@@H]3C#N)N1C)OCO2.COc1cc2c(cc1O)CCN[C@]21CS[C@@H]2c3c(OC(C)=O)c(C)c4c(c3[C@H](COC1=O)N1C2[C@H]2c3c(cc(C)c(O)c3O)C[C@@H]([C@@H]1C#N)N2C)OCO4.COc1ccc(CCN)cc1O. The van der Waals surface area contributed by atoms with Crippen LogP contribution in [0.3, 0.4) is 0 Å². The first-order valence-corrected chi connectivity index (χ1v) is 37.8. The Morgan fingerprint density at radius 2 is 1.11 bits per heavy atom. The molecule has 6 aromatic carbocycles. The lowest BCUT2D eigenvalue weighted by Crippen LogP contribution is -2.69. The van der Waals surface area contributed by atoms with Gasteiger partial charge < -0.3 is 83.7 Å². The zero-order valence-corrected chi connectivity index (χ0v) is 63.0. The van der Waals surface area contributed by atoms with Crippen LogP contribution in [0.1, 0.15) is 147 Å². The Morgan fingerprint density at radius 1 is 0.622 bits per heavy atom. The molecule has 12 aliphatic rings. The van der Waals surface area contributed by atoms with Crippen LogP contribution in [0.4, 0.5) is 0 Å². The number of ether oxygens (including phenoxy) is 10. The van der Waals surface area contributed by atoms with Crippen molar-refractivity contribution in [2.24, 2.45) is 5.73 Å². The van der Waals surface area contributed by atoms with Crippen LogP contribution >= 0.6 is 23.5 Å². The van der Waals surface area contributed by atoms with Crippen molar-refractivity contribution in [2.45, 2.75) is 159 Å². The van der Waals surface area contributed by atoms with Gasteiger partial charge in [-0.25, -0.2) is 9.59 Å². The molecule has 6 aromatic rings. The van der Waals surface area contributed by atoms with Crippen LogP contribution in [0.2, 0.25) is 0 Å². The number of phenolic OH excluding ortho intramolecular Hbond substituents is 6. The lowest BCUT2D eigenvalue weighted by Gasteiger charge is -2.62. The summed E-state index contributed by atoms with van der Waals surface area (Å²) in [6.45, 7) is 10.0. The second kappa shape index (κ2) is 30.2. The first-order valence-electron chi connectivity index (χ1n) is 35.7. The maximum absolute atomic E-state index is 14.7. The number of carbonyl (C=O) groups is 5. The van der Waals surface area contributed by atoms with E-state index in [9.17, 15) is 65.1 Å². The quantitative estimate of drug-likeness (QED) is 0.0336. The molecule has 12 aliphatic heterocycles. The fraction of sp³-hybridized carbons (Fsp3) is 0.463. The highest BCUT2D eigenvalue weighted by atomic mass is 32.2. The van der Waals surface area contributed by atoms with Gasteiger partial charge in [-0.05, 0) is 137 Å². The second-order valence-corrected chi connectivity index (χ2v) is 31.3. The number of methoxy groups -OCH3 is 2. The van der Waals surface area contributed by atoms with Crippen molar-refractivity contribution in [3.8, 4) is 92.6 Å². The molecule has 588 valence electrons. The predicted octanol–water partition coefficient (Wildman–Crippen LogP) is 8.36. The molecule has 0 aliphatic carbocycles. The van der Waals surface area contributed by atoms with Gasteiger partial charge in [0.1, 0.15) is 36.8 Å². The summed E-state index contributed by atoms with van der Waals surface area (Å²) in [6.07, 6.45) is 2.18. The fourth-order valence-corrected chi connectivity index (χ4v) is 21.7. The van der Waals surface area contributed by atoms with Gasteiger partial charge in [-0.1, -0.05) is 33.1 Å². The number of Topliss-reactive ketones (excluding diaryl/α,β-unsaturated/α-hetero) is 1. The monoisotopic (exact) mass is 1560 g/mol. The molecule has 2 unspecified atom stereocenters. The van der Waals surface area contributed by atoms with Crippen LogP contribution in [-0.4, -0.2) is 196 Å². The van der Waals surface area contributed by atoms with Crippen LogP contribution < -0.4 is 48.9 Å². The minimum absolute atomic E-state index is 0. The number of nitrogens with zero attached hydrogens (tertiary/aromatic N) is 6. The summed E-state index contributed by atoms with van der Waals surface area (Å²) in [6, 6.07) is 11.5. The fourth-order valence-electron chi connectivity index (χ4n) is 18.6. The molecule has 8 bridgehead atoms. The van der Waals surface area contributed by atoms with Crippen LogP contribution in [0.5, 0.6) is 80.5 Å². The van der Waals surface area contributed by atoms with Gasteiger partial charge in [-0.2, -0.15) is 10.5 Å². The van der Waals surface area contributed by atoms with E-state index in [-0.39, 0.29) is 111 Å². The molecule has 3 saturated heterocycles. The number of thioether (sulfide) groups is 2. The number of likely N-dealkylation sites (N-methyl/N-ethyl adjacent to an activating group) is 2. The van der Waals surface area contributed by atoms with Crippen molar-refractivity contribution in [1.29, 1.82) is 10.5 Å². The van der Waals surface area contributed by atoms with Crippen molar-refractivity contribution < 1.29 is 102 Å². The van der Waals surface area contributed by atoms with Crippen molar-refractivity contribution in [2.75, 3.05) is 79.7 Å². The van der Waals surface area contributed by atoms with Gasteiger partial charge in [0.25, 0.3) is 0 Å². The number of nitrogens with two attached hydrogens (primary N) is 1. The Morgan fingerprint density at radius 3 is 1.59 bits per heavy atom. The van der Waals surface area contributed by atoms with Crippen molar-refractivity contribution in [1.82, 2.24) is 24.9 Å². The van der Waals surface area contributed by atoms with Gasteiger partial charge in [-0.15, -0.1) is 23.5 Å². The second-order valence-electron chi connectivity index (χ2n) is 29.0. The van der Waals surface area contributed by atoms with E-state index in [0.29, 0.717) is 128 Å². The molecule has 1 spiro atoms. The molecule has 31 heteroatoms. The molecule has 29 nitrogen and oxygen atoms in total. The average molecular weight is 1560 g/mol. The van der Waals surface area contributed by atoms with E-state index in [1.54, 1.807) is 45.0 Å². The number of piperazine rings is 2. The molecule has 18 rings (SSSR count). The highest BCUT2D eigenvalue weighted by Crippen LogP contribution is 2.67. The number of carbonyl (C=O) groups excluding carboxylic acids is 5. The number of rotatable bonds is 6. The number of nitrogens with one attached hydrogen (secondary N) is 1.